The van der Waals surface area contributed by atoms with E-state index in [-0.39, 0.29) is 23.6 Å². The van der Waals surface area contributed by atoms with E-state index in [9.17, 15) is 14.4 Å². The Morgan fingerprint density at radius 3 is 2.47 bits per heavy atom. The Balaban J connectivity index is 1.70. The molecule has 0 heterocycles. The summed E-state index contributed by atoms with van der Waals surface area (Å²) in [4.78, 5) is 12.7. The quantitative estimate of drug-likeness (QED) is 0.346. The Labute approximate surface area is 189 Å². The van der Waals surface area contributed by atoms with Crippen LogP contribution in [0.2, 0.25) is 0 Å². The number of ether oxygens (including phenoxy) is 2. The molecule has 0 spiro atoms. The van der Waals surface area contributed by atoms with E-state index in [1.54, 1.807) is 24.3 Å². The van der Waals surface area contributed by atoms with Crippen LogP contribution in [0.25, 0.3) is 0 Å². The lowest BCUT2D eigenvalue weighted by Crippen LogP contribution is -2.15. The number of nitrogens with zero attached hydrogens (tertiary/aromatic N) is 1. The monoisotopic (exact) mass is 469 g/mol. The van der Waals surface area contributed by atoms with Gasteiger partial charge >= 0.3 is 5.97 Å². The van der Waals surface area contributed by atoms with E-state index >= 15 is 0 Å². The van der Waals surface area contributed by atoms with Crippen molar-refractivity contribution in [2.24, 2.45) is 17.3 Å². The first-order chi connectivity index (χ1) is 14.0. The molecule has 0 saturated heterocycles. The second-order valence-corrected chi connectivity index (χ2v) is 10.3. The van der Waals surface area contributed by atoms with E-state index in [2.05, 4.69) is 0 Å². The summed E-state index contributed by atoms with van der Waals surface area (Å²) in [6, 6.07) is 14.2. The van der Waals surface area contributed by atoms with Gasteiger partial charge in [0.15, 0.2) is 3.79 Å². The topological polar surface area (TPSA) is 59.3 Å². The Morgan fingerprint density at radius 1 is 1.20 bits per heavy atom. The van der Waals surface area contributed by atoms with Crippen molar-refractivity contribution >= 4 is 40.8 Å². The Hall–Kier alpha value is -2.00. The van der Waals surface area contributed by atoms with Crippen LogP contribution >= 0.6 is 34.8 Å². The van der Waals surface area contributed by atoms with Crippen LogP contribution in [0.3, 0.4) is 0 Å². The van der Waals surface area contributed by atoms with E-state index < -0.39 is 21.8 Å². The summed E-state index contributed by atoms with van der Waals surface area (Å²) in [5.74, 6) is -0.614. The fourth-order valence-electron chi connectivity index (χ4n) is 3.58. The minimum absolute atomic E-state index is 0.148. The molecule has 3 unspecified atom stereocenters. The Kier molecular flexibility index (Phi) is 6.52. The standard InChI is InChI=1S/C22H19Cl3FNO3/c1-21(2)17(11-22(23,24)25)19(21)20(28)30-18(12-27)13-4-3-5-16(10-13)29-15-8-6-14(26)7-9-15/h3-10,17-19H,11H2,1-2H3. The first kappa shape index (κ1) is 22.7. The van der Waals surface area contributed by atoms with Crippen LogP contribution in [0.1, 0.15) is 31.9 Å². The average Bonchev–Trinajstić information content (AvgIpc) is 3.19. The minimum Gasteiger partial charge on any atom is -0.457 e. The van der Waals surface area contributed by atoms with E-state index in [0.717, 1.165) is 0 Å². The number of nitriles is 1. The molecule has 0 N–H and O–H groups in total. The van der Waals surface area contributed by atoms with Crippen LogP contribution < -0.4 is 4.74 Å². The van der Waals surface area contributed by atoms with Crippen LogP contribution in [0, 0.1) is 34.4 Å². The number of carbonyl (C=O) groups is 1. The maximum Gasteiger partial charge on any atom is 0.311 e. The molecular formula is C22H19Cl3FNO3. The lowest BCUT2D eigenvalue weighted by Gasteiger charge is -2.14. The normalized spacial score (nSPS) is 20.7. The van der Waals surface area contributed by atoms with Crippen molar-refractivity contribution in [3.63, 3.8) is 0 Å². The highest BCUT2D eigenvalue weighted by Crippen LogP contribution is 2.63. The highest BCUT2D eigenvalue weighted by Gasteiger charge is 2.64. The fourth-order valence-corrected chi connectivity index (χ4v) is 4.08. The van der Waals surface area contributed by atoms with Crippen molar-refractivity contribution in [2.75, 3.05) is 0 Å². The highest BCUT2D eigenvalue weighted by atomic mass is 35.6. The molecule has 2 aromatic carbocycles. The largest absolute Gasteiger partial charge is 0.457 e. The summed E-state index contributed by atoms with van der Waals surface area (Å²) >= 11 is 17.6. The molecule has 8 heteroatoms. The van der Waals surface area contributed by atoms with Gasteiger partial charge in [0.2, 0.25) is 6.10 Å². The molecule has 1 fully saturated rings. The van der Waals surface area contributed by atoms with Crippen LogP contribution in [0.4, 0.5) is 4.39 Å². The molecule has 1 aliphatic rings. The number of rotatable bonds is 6. The average molecular weight is 471 g/mol. The second kappa shape index (κ2) is 8.63. The van der Waals surface area contributed by atoms with Gasteiger partial charge in [0.05, 0.1) is 5.92 Å². The van der Waals surface area contributed by atoms with Gasteiger partial charge in [0.1, 0.15) is 23.4 Å². The summed E-state index contributed by atoms with van der Waals surface area (Å²) < 4.78 is 22.7. The molecule has 3 atom stereocenters. The van der Waals surface area contributed by atoms with Crippen molar-refractivity contribution in [3.8, 4) is 17.6 Å². The maximum atomic E-state index is 13.0. The van der Waals surface area contributed by atoms with E-state index in [4.69, 9.17) is 44.3 Å². The van der Waals surface area contributed by atoms with Gasteiger partial charge in [-0.15, -0.1) is 0 Å². The van der Waals surface area contributed by atoms with Crippen LogP contribution in [0.15, 0.2) is 48.5 Å². The molecule has 0 bridgehead atoms. The zero-order chi connectivity index (χ0) is 22.1. The van der Waals surface area contributed by atoms with E-state index in [0.29, 0.717) is 17.1 Å². The molecule has 0 aromatic heterocycles. The summed E-state index contributed by atoms with van der Waals surface area (Å²) in [6.45, 7) is 3.80. The van der Waals surface area contributed by atoms with Crippen molar-refractivity contribution in [1.82, 2.24) is 0 Å². The lowest BCUT2D eigenvalue weighted by molar-refractivity contribution is -0.149. The number of hydrogen-bond donors (Lipinski definition) is 0. The molecule has 158 valence electrons. The number of alkyl halides is 3. The zero-order valence-corrected chi connectivity index (χ0v) is 18.5. The number of esters is 1. The summed E-state index contributed by atoms with van der Waals surface area (Å²) in [7, 11) is 0. The van der Waals surface area contributed by atoms with Gasteiger partial charge in [-0.1, -0.05) is 60.8 Å². The van der Waals surface area contributed by atoms with Gasteiger partial charge in [0.25, 0.3) is 0 Å². The summed E-state index contributed by atoms with van der Waals surface area (Å²) in [6.07, 6.45) is -0.887. The second-order valence-electron chi connectivity index (χ2n) is 7.80. The summed E-state index contributed by atoms with van der Waals surface area (Å²) in [5, 5.41) is 9.55. The molecule has 2 aromatic rings. The van der Waals surface area contributed by atoms with Crippen molar-refractivity contribution in [1.29, 1.82) is 5.26 Å². The number of carbonyl (C=O) groups excluding carboxylic acids is 1. The van der Waals surface area contributed by atoms with Gasteiger partial charge in [-0.05, 0) is 54.2 Å². The molecule has 30 heavy (non-hydrogen) atoms. The molecule has 1 saturated carbocycles. The number of hydrogen-bond acceptors (Lipinski definition) is 4. The van der Waals surface area contributed by atoms with E-state index in [1.165, 1.54) is 24.3 Å². The third-order valence-corrected chi connectivity index (χ3v) is 5.78. The SMILES string of the molecule is CC1(C)C(CC(Cl)(Cl)Cl)C1C(=O)OC(C#N)c1cccc(Oc2ccc(F)cc2)c1. The lowest BCUT2D eigenvalue weighted by atomic mass is 10.1. The predicted octanol–water partition coefficient (Wildman–Crippen LogP) is 6.76. The Morgan fingerprint density at radius 2 is 1.87 bits per heavy atom. The Bertz CT molecular complexity index is 967. The third-order valence-electron chi connectivity index (χ3n) is 5.32. The van der Waals surface area contributed by atoms with Gasteiger partial charge in [0, 0.05) is 5.56 Å². The van der Waals surface area contributed by atoms with Gasteiger partial charge in [-0.25, -0.2) is 4.39 Å². The molecule has 0 amide bonds. The zero-order valence-electron chi connectivity index (χ0n) is 16.2. The highest BCUT2D eigenvalue weighted by molar-refractivity contribution is 6.67. The predicted molar refractivity (Wildman–Crippen MR) is 113 cm³/mol. The summed E-state index contributed by atoms with van der Waals surface area (Å²) in [5.41, 5.74) is 0.0796. The molecule has 0 aliphatic heterocycles. The molecular weight excluding hydrogens is 452 g/mol. The first-order valence-corrected chi connectivity index (χ1v) is 10.3. The minimum atomic E-state index is -1.46. The molecule has 1 aliphatic carbocycles. The smallest absolute Gasteiger partial charge is 0.311 e. The molecule has 0 radical (unpaired) electrons. The van der Waals surface area contributed by atoms with Gasteiger partial charge in [-0.2, -0.15) is 5.26 Å². The van der Waals surface area contributed by atoms with Gasteiger partial charge < -0.3 is 9.47 Å². The third kappa shape index (κ3) is 5.37. The van der Waals surface area contributed by atoms with Crippen LogP contribution in [-0.2, 0) is 9.53 Å². The first-order valence-electron chi connectivity index (χ1n) is 9.21. The molecule has 3 rings (SSSR count). The van der Waals surface area contributed by atoms with Crippen LogP contribution in [0.5, 0.6) is 11.5 Å². The van der Waals surface area contributed by atoms with Crippen molar-refractivity contribution < 1.29 is 18.7 Å². The van der Waals surface area contributed by atoms with Crippen LogP contribution in [-0.4, -0.2) is 9.76 Å². The number of halogens is 4. The fraction of sp³-hybridized carbons (Fsp3) is 0.364. The molecule has 4 nitrogen and oxygen atoms in total. The van der Waals surface area contributed by atoms with Gasteiger partial charge in [-0.3, -0.25) is 4.79 Å². The maximum absolute atomic E-state index is 13.0. The number of benzene rings is 2. The van der Waals surface area contributed by atoms with Crippen molar-refractivity contribution in [3.05, 3.63) is 59.9 Å². The van der Waals surface area contributed by atoms with E-state index in [1.807, 2.05) is 19.9 Å². The van der Waals surface area contributed by atoms with Crippen molar-refractivity contribution in [2.45, 2.75) is 30.2 Å².